The van der Waals surface area contributed by atoms with Crippen molar-refractivity contribution >= 4 is 12.4 Å². The molecular weight excluding hydrogens is 310 g/mol. The molecule has 1 N–H and O–H groups in total. The number of aromatic hydroxyl groups is 1. The molecule has 2 aromatic rings. The Bertz CT molecular complexity index is 639. The smallest absolute Gasteiger partial charge is 0.146 e. The van der Waals surface area contributed by atoms with Gasteiger partial charge in [-0.2, -0.15) is 0 Å². The number of benzene rings is 1. The fourth-order valence-electron chi connectivity index (χ4n) is 2.43. The lowest BCUT2D eigenvalue weighted by Crippen LogP contribution is -2.15. The SMILES string of the molecule is Cc1ccc(-c2nc(CN(C)C)cc(CN(C)C)c2O)cc1.Cl. The van der Waals surface area contributed by atoms with Gasteiger partial charge in [0.05, 0.1) is 5.69 Å². The van der Waals surface area contributed by atoms with E-state index >= 15 is 0 Å². The Kier molecular flexibility index (Phi) is 7.01. The maximum Gasteiger partial charge on any atom is 0.146 e. The lowest BCUT2D eigenvalue weighted by molar-refractivity contribution is 0.379. The number of halogens is 1. The molecule has 0 atom stereocenters. The largest absolute Gasteiger partial charge is 0.505 e. The van der Waals surface area contributed by atoms with Crippen LogP contribution in [0.4, 0.5) is 0 Å². The van der Waals surface area contributed by atoms with Crippen molar-refractivity contribution in [3.05, 3.63) is 47.2 Å². The summed E-state index contributed by atoms with van der Waals surface area (Å²) in [6.45, 7) is 3.49. The molecule has 0 saturated carbocycles. The van der Waals surface area contributed by atoms with E-state index in [-0.39, 0.29) is 18.2 Å². The quantitative estimate of drug-likeness (QED) is 0.910. The van der Waals surface area contributed by atoms with Crippen molar-refractivity contribution in [2.75, 3.05) is 28.2 Å². The van der Waals surface area contributed by atoms with Gasteiger partial charge < -0.3 is 14.9 Å². The molecule has 4 nitrogen and oxygen atoms in total. The van der Waals surface area contributed by atoms with Gasteiger partial charge in [0.1, 0.15) is 11.4 Å². The van der Waals surface area contributed by atoms with Gasteiger partial charge in [0.2, 0.25) is 0 Å². The van der Waals surface area contributed by atoms with Gasteiger partial charge in [-0.15, -0.1) is 12.4 Å². The zero-order chi connectivity index (χ0) is 16.3. The highest BCUT2D eigenvalue weighted by Gasteiger charge is 2.14. The number of rotatable bonds is 5. The topological polar surface area (TPSA) is 39.6 Å². The summed E-state index contributed by atoms with van der Waals surface area (Å²) in [5.74, 6) is 0.278. The molecule has 0 aliphatic heterocycles. The summed E-state index contributed by atoms with van der Waals surface area (Å²) in [4.78, 5) is 8.80. The molecule has 0 fully saturated rings. The van der Waals surface area contributed by atoms with Crippen LogP contribution >= 0.6 is 12.4 Å². The van der Waals surface area contributed by atoms with E-state index in [4.69, 9.17) is 0 Å². The van der Waals surface area contributed by atoms with E-state index in [9.17, 15) is 5.11 Å². The average molecular weight is 336 g/mol. The van der Waals surface area contributed by atoms with Crippen molar-refractivity contribution in [3.63, 3.8) is 0 Å². The monoisotopic (exact) mass is 335 g/mol. The first-order chi connectivity index (χ1) is 10.4. The molecule has 1 aromatic heterocycles. The Hall–Kier alpha value is -1.62. The zero-order valence-electron chi connectivity index (χ0n) is 14.5. The fraction of sp³-hybridized carbons (Fsp3) is 0.389. The van der Waals surface area contributed by atoms with E-state index in [2.05, 4.69) is 16.8 Å². The van der Waals surface area contributed by atoms with Crippen LogP contribution in [0.15, 0.2) is 30.3 Å². The van der Waals surface area contributed by atoms with Crippen LogP contribution in [0.25, 0.3) is 11.3 Å². The third-order valence-electron chi connectivity index (χ3n) is 3.41. The third-order valence-corrected chi connectivity index (χ3v) is 3.41. The lowest BCUT2D eigenvalue weighted by atomic mass is 10.0. The summed E-state index contributed by atoms with van der Waals surface area (Å²) in [6, 6.07) is 10.1. The van der Waals surface area contributed by atoms with E-state index in [1.54, 1.807) is 0 Å². The minimum absolute atomic E-state index is 0. The van der Waals surface area contributed by atoms with Gasteiger partial charge >= 0.3 is 0 Å². The molecule has 126 valence electrons. The normalized spacial score (nSPS) is 10.9. The van der Waals surface area contributed by atoms with Crippen LogP contribution in [-0.4, -0.2) is 48.1 Å². The van der Waals surface area contributed by atoms with Crippen molar-refractivity contribution in [1.29, 1.82) is 0 Å². The summed E-state index contributed by atoms with van der Waals surface area (Å²) in [6.07, 6.45) is 0. The number of hydrogen-bond acceptors (Lipinski definition) is 4. The Labute approximate surface area is 145 Å². The van der Waals surface area contributed by atoms with Gasteiger partial charge in [0.15, 0.2) is 0 Å². The number of aryl methyl sites for hydroxylation is 1. The van der Waals surface area contributed by atoms with Gasteiger partial charge in [0.25, 0.3) is 0 Å². The second kappa shape index (κ2) is 8.29. The molecule has 0 bridgehead atoms. The number of aromatic nitrogens is 1. The van der Waals surface area contributed by atoms with Gasteiger partial charge in [-0.05, 0) is 41.2 Å². The molecule has 5 heteroatoms. The maximum atomic E-state index is 10.6. The van der Waals surface area contributed by atoms with Crippen LogP contribution in [0.1, 0.15) is 16.8 Å². The molecule has 2 rings (SSSR count). The van der Waals surface area contributed by atoms with Crippen LogP contribution in [0, 0.1) is 6.92 Å². The molecular formula is C18H26ClN3O. The first kappa shape index (κ1) is 19.4. The summed E-state index contributed by atoms with van der Waals surface area (Å²) < 4.78 is 0. The second-order valence-electron chi connectivity index (χ2n) is 6.31. The van der Waals surface area contributed by atoms with E-state index in [1.807, 2.05) is 63.4 Å². The van der Waals surface area contributed by atoms with Gasteiger partial charge in [-0.1, -0.05) is 29.8 Å². The summed E-state index contributed by atoms with van der Waals surface area (Å²) in [5, 5.41) is 10.6. The molecule has 1 heterocycles. The first-order valence-electron chi connectivity index (χ1n) is 7.45. The highest BCUT2D eigenvalue weighted by Crippen LogP contribution is 2.32. The highest BCUT2D eigenvalue weighted by molar-refractivity contribution is 5.85. The summed E-state index contributed by atoms with van der Waals surface area (Å²) >= 11 is 0. The molecule has 0 unspecified atom stereocenters. The molecule has 0 amide bonds. The number of pyridine rings is 1. The van der Waals surface area contributed by atoms with Crippen LogP contribution in [0.3, 0.4) is 0 Å². The van der Waals surface area contributed by atoms with Crippen molar-refractivity contribution < 1.29 is 5.11 Å². The number of hydrogen-bond donors (Lipinski definition) is 1. The van der Waals surface area contributed by atoms with Crippen LogP contribution in [-0.2, 0) is 13.1 Å². The molecule has 0 spiro atoms. The van der Waals surface area contributed by atoms with E-state index in [0.717, 1.165) is 23.4 Å². The van der Waals surface area contributed by atoms with E-state index < -0.39 is 0 Å². The predicted octanol–water partition coefficient (Wildman–Crippen LogP) is 3.31. The molecule has 0 radical (unpaired) electrons. The van der Waals surface area contributed by atoms with Crippen molar-refractivity contribution in [2.24, 2.45) is 0 Å². The van der Waals surface area contributed by atoms with Crippen molar-refractivity contribution in [3.8, 4) is 17.0 Å². The highest BCUT2D eigenvalue weighted by atomic mass is 35.5. The van der Waals surface area contributed by atoms with Crippen molar-refractivity contribution in [1.82, 2.24) is 14.8 Å². The minimum atomic E-state index is 0. The summed E-state index contributed by atoms with van der Waals surface area (Å²) in [7, 11) is 8.03. The van der Waals surface area contributed by atoms with E-state index in [0.29, 0.717) is 12.2 Å². The maximum absolute atomic E-state index is 10.6. The van der Waals surface area contributed by atoms with Crippen LogP contribution < -0.4 is 0 Å². The third kappa shape index (κ3) is 5.20. The first-order valence-corrected chi connectivity index (χ1v) is 7.45. The zero-order valence-corrected chi connectivity index (χ0v) is 15.3. The summed E-state index contributed by atoms with van der Waals surface area (Å²) in [5.41, 5.74) is 4.68. The lowest BCUT2D eigenvalue weighted by Gasteiger charge is -2.17. The van der Waals surface area contributed by atoms with E-state index in [1.165, 1.54) is 5.56 Å². The Morgan fingerprint density at radius 3 is 2.04 bits per heavy atom. The minimum Gasteiger partial charge on any atom is -0.505 e. The molecule has 1 aromatic carbocycles. The van der Waals surface area contributed by atoms with Gasteiger partial charge in [0, 0.05) is 24.2 Å². The average Bonchev–Trinajstić information content (AvgIpc) is 2.42. The molecule has 0 aliphatic carbocycles. The predicted molar refractivity (Wildman–Crippen MR) is 98.1 cm³/mol. The fourth-order valence-corrected chi connectivity index (χ4v) is 2.43. The molecule has 23 heavy (non-hydrogen) atoms. The van der Waals surface area contributed by atoms with Gasteiger partial charge in [-0.25, -0.2) is 4.98 Å². The van der Waals surface area contributed by atoms with Crippen LogP contribution in [0.2, 0.25) is 0 Å². The van der Waals surface area contributed by atoms with Crippen LogP contribution in [0.5, 0.6) is 5.75 Å². The second-order valence-corrected chi connectivity index (χ2v) is 6.31. The molecule has 0 saturated heterocycles. The number of nitrogens with zero attached hydrogens (tertiary/aromatic N) is 3. The van der Waals surface area contributed by atoms with Crippen molar-refractivity contribution in [2.45, 2.75) is 20.0 Å². The van der Waals surface area contributed by atoms with Gasteiger partial charge in [-0.3, -0.25) is 0 Å². The Balaban J connectivity index is 0.00000264. The molecule has 0 aliphatic rings. The standard InChI is InChI=1S/C18H25N3O.ClH/c1-13-6-8-14(9-7-13)17-18(22)15(11-20(2)3)10-16(19-17)12-21(4)5;/h6-10,22H,11-12H2,1-5H3;1H. The Morgan fingerprint density at radius 2 is 1.52 bits per heavy atom. The Morgan fingerprint density at radius 1 is 0.957 bits per heavy atom.